The van der Waals surface area contributed by atoms with Crippen LogP contribution in [0.15, 0.2) is 0 Å². The predicted octanol–water partition coefficient (Wildman–Crippen LogP) is 0.115. The van der Waals surface area contributed by atoms with Gasteiger partial charge in [-0.3, -0.25) is 4.90 Å². The lowest BCUT2D eigenvalue weighted by atomic mass is 10.2. The van der Waals surface area contributed by atoms with Crippen molar-refractivity contribution in [2.24, 2.45) is 0 Å². The Morgan fingerprint density at radius 1 is 1.45 bits per heavy atom. The molecule has 0 aromatic heterocycles. The topological polar surface area (TPSA) is 32.3 Å². The lowest BCUT2D eigenvalue weighted by Crippen LogP contribution is -2.42. The minimum atomic E-state index is 0.0370. The maximum absolute atomic E-state index is 10.6. The van der Waals surface area contributed by atoms with Gasteiger partial charge in [-0.05, 0) is 20.1 Å². The van der Waals surface area contributed by atoms with Crippen LogP contribution < -0.4 is 5.32 Å². The standard InChI is InChI=1S/C8H18N2O/c1-4-10(5-2)8(7-11)6-9-3/h7-9H,4-6H2,1-3H3. The van der Waals surface area contributed by atoms with E-state index < -0.39 is 0 Å². The highest BCUT2D eigenvalue weighted by Crippen LogP contribution is 1.93. The Kier molecular flexibility index (Phi) is 6.07. The van der Waals surface area contributed by atoms with Crippen LogP contribution in [0.1, 0.15) is 13.8 Å². The van der Waals surface area contributed by atoms with Crippen LogP contribution in [0.5, 0.6) is 0 Å². The first-order valence-corrected chi connectivity index (χ1v) is 4.14. The minimum absolute atomic E-state index is 0.0370. The highest BCUT2D eigenvalue weighted by atomic mass is 16.1. The Morgan fingerprint density at radius 2 is 2.00 bits per heavy atom. The lowest BCUT2D eigenvalue weighted by Gasteiger charge is -2.24. The number of hydrogen-bond acceptors (Lipinski definition) is 3. The quantitative estimate of drug-likeness (QED) is 0.557. The van der Waals surface area contributed by atoms with E-state index >= 15 is 0 Å². The van der Waals surface area contributed by atoms with E-state index in [4.69, 9.17) is 0 Å². The van der Waals surface area contributed by atoms with Crippen molar-refractivity contribution in [3.8, 4) is 0 Å². The van der Waals surface area contributed by atoms with Crippen molar-refractivity contribution < 1.29 is 4.79 Å². The van der Waals surface area contributed by atoms with Gasteiger partial charge in [0.25, 0.3) is 0 Å². The molecule has 0 aromatic rings. The first-order chi connectivity index (χ1) is 5.29. The summed E-state index contributed by atoms with van der Waals surface area (Å²) in [5, 5.41) is 2.99. The molecule has 11 heavy (non-hydrogen) atoms. The van der Waals surface area contributed by atoms with Gasteiger partial charge in [-0.2, -0.15) is 0 Å². The second-order valence-corrected chi connectivity index (χ2v) is 2.48. The number of carbonyl (C=O) groups excluding carboxylic acids is 1. The summed E-state index contributed by atoms with van der Waals surface area (Å²) in [6, 6.07) is 0.0370. The first kappa shape index (κ1) is 10.6. The molecule has 0 bridgehead atoms. The summed E-state index contributed by atoms with van der Waals surface area (Å²) < 4.78 is 0. The second-order valence-electron chi connectivity index (χ2n) is 2.48. The molecule has 0 aliphatic heterocycles. The lowest BCUT2D eigenvalue weighted by molar-refractivity contribution is -0.112. The number of likely N-dealkylation sites (N-methyl/N-ethyl adjacent to an activating group) is 2. The Bertz CT molecular complexity index is 102. The Morgan fingerprint density at radius 3 is 2.27 bits per heavy atom. The van der Waals surface area contributed by atoms with Crippen LogP contribution >= 0.6 is 0 Å². The summed E-state index contributed by atoms with van der Waals surface area (Å²) in [7, 11) is 1.86. The van der Waals surface area contributed by atoms with Gasteiger partial charge in [-0.1, -0.05) is 13.8 Å². The van der Waals surface area contributed by atoms with Gasteiger partial charge < -0.3 is 10.1 Å². The molecule has 0 radical (unpaired) electrons. The van der Waals surface area contributed by atoms with Crippen molar-refractivity contribution in [1.29, 1.82) is 0 Å². The molecular weight excluding hydrogens is 140 g/mol. The van der Waals surface area contributed by atoms with Crippen LogP contribution in [0.3, 0.4) is 0 Å². The van der Waals surface area contributed by atoms with Crippen LogP contribution in [0.2, 0.25) is 0 Å². The van der Waals surface area contributed by atoms with E-state index in [1.165, 1.54) is 0 Å². The normalized spacial score (nSPS) is 13.5. The monoisotopic (exact) mass is 158 g/mol. The van der Waals surface area contributed by atoms with Crippen molar-refractivity contribution in [2.45, 2.75) is 19.9 Å². The summed E-state index contributed by atoms with van der Waals surface area (Å²) in [6.07, 6.45) is 1.00. The summed E-state index contributed by atoms with van der Waals surface area (Å²) in [4.78, 5) is 12.7. The molecule has 0 aliphatic rings. The Balaban J connectivity index is 3.86. The van der Waals surface area contributed by atoms with Gasteiger partial charge in [-0.15, -0.1) is 0 Å². The van der Waals surface area contributed by atoms with E-state index in [0.717, 1.165) is 25.9 Å². The SMILES string of the molecule is CCN(CC)C(C=O)CNC. The molecule has 0 amide bonds. The van der Waals surface area contributed by atoms with Crippen LogP contribution in [-0.2, 0) is 4.79 Å². The minimum Gasteiger partial charge on any atom is -0.318 e. The van der Waals surface area contributed by atoms with E-state index in [1.54, 1.807) is 0 Å². The highest BCUT2D eigenvalue weighted by Gasteiger charge is 2.12. The fourth-order valence-corrected chi connectivity index (χ4v) is 1.17. The summed E-state index contributed by atoms with van der Waals surface area (Å²) in [6.45, 7) is 6.74. The smallest absolute Gasteiger partial charge is 0.138 e. The molecule has 1 N–H and O–H groups in total. The number of nitrogens with zero attached hydrogens (tertiary/aromatic N) is 1. The van der Waals surface area contributed by atoms with Crippen LogP contribution in [0.4, 0.5) is 0 Å². The van der Waals surface area contributed by atoms with Gasteiger partial charge in [0.2, 0.25) is 0 Å². The fraction of sp³-hybridized carbons (Fsp3) is 0.875. The zero-order valence-corrected chi connectivity index (χ0v) is 7.63. The Hall–Kier alpha value is -0.410. The van der Waals surface area contributed by atoms with E-state index in [1.807, 2.05) is 7.05 Å². The van der Waals surface area contributed by atoms with Gasteiger partial charge in [0.15, 0.2) is 0 Å². The number of carbonyl (C=O) groups is 1. The number of rotatable bonds is 6. The third kappa shape index (κ3) is 3.49. The van der Waals surface area contributed by atoms with Crippen molar-refractivity contribution in [3.63, 3.8) is 0 Å². The van der Waals surface area contributed by atoms with E-state index in [2.05, 4.69) is 24.1 Å². The number of hydrogen-bond donors (Lipinski definition) is 1. The average molecular weight is 158 g/mol. The largest absolute Gasteiger partial charge is 0.318 e. The van der Waals surface area contributed by atoms with E-state index in [9.17, 15) is 4.79 Å². The molecule has 0 aromatic carbocycles. The first-order valence-electron chi connectivity index (χ1n) is 4.14. The van der Waals surface area contributed by atoms with Crippen molar-refractivity contribution in [1.82, 2.24) is 10.2 Å². The van der Waals surface area contributed by atoms with Crippen LogP contribution in [0, 0.1) is 0 Å². The summed E-state index contributed by atoms with van der Waals surface area (Å²) in [5.74, 6) is 0. The molecular formula is C8H18N2O. The molecule has 3 nitrogen and oxygen atoms in total. The highest BCUT2D eigenvalue weighted by molar-refractivity contribution is 5.57. The molecule has 0 saturated carbocycles. The van der Waals surface area contributed by atoms with E-state index in [-0.39, 0.29) is 6.04 Å². The molecule has 0 fully saturated rings. The van der Waals surface area contributed by atoms with Gasteiger partial charge in [0.05, 0.1) is 6.04 Å². The van der Waals surface area contributed by atoms with Crippen molar-refractivity contribution in [3.05, 3.63) is 0 Å². The van der Waals surface area contributed by atoms with Gasteiger partial charge in [0, 0.05) is 6.54 Å². The third-order valence-corrected chi connectivity index (χ3v) is 1.85. The maximum atomic E-state index is 10.6. The molecule has 1 atom stereocenters. The molecule has 3 heteroatoms. The molecule has 0 aliphatic carbocycles. The Labute approximate surface area is 68.8 Å². The zero-order valence-electron chi connectivity index (χ0n) is 7.63. The zero-order chi connectivity index (χ0) is 8.69. The predicted molar refractivity (Wildman–Crippen MR) is 46.7 cm³/mol. The average Bonchev–Trinajstić information content (AvgIpc) is 2.05. The second kappa shape index (κ2) is 6.31. The van der Waals surface area contributed by atoms with Crippen molar-refractivity contribution >= 4 is 6.29 Å². The van der Waals surface area contributed by atoms with Gasteiger partial charge in [-0.25, -0.2) is 0 Å². The molecule has 1 unspecified atom stereocenters. The molecule has 0 heterocycles. The third-order valence-electron chi connectivity index (χ3n) is 1.85. The van der Waals surface area contributed by atoms with E-state index in [0.29, 0.717) is 0 Å². The molecule has 66 valence electrons. The van der Waals surface area contributed by atoms with Crippen LogP contribution in [-0.4, -0.2) is 43.9 Å². The fourth-order valence-electron chi connectivity index (χ4n) is 1.17. The van der Waals surface area contributed by atoms with Crippen molar-refractivity contribution in [2.75, 3.05) is 26.7 Å². The van der Waals surface area contributed by atoms with Gasteiger partial charge >= 0.3 is 0 Å². The van der Waals surface area contributed by atoms with Gasteiger partial charge in [0.1, 0.15) is 6.29 Å². The van der Waals surface area contributed by atoms with Crippen LogP contribution in [0.25, 0.3) is 0 Å². The molecule has 0 rings (SSSR count). The molecule has 0 saturated heterocycles. The maximum Gasteiger partial charge on any atom is 0.138 e. The summed E-state index contributed by atoms with van der Waals surface area (Å²) >= 11 is 0. The molecule has 0 spiro atoms. The number of aldehydes is 1. The summed E-state index contributed by atoms with van der Waals surface area (Å²) in [5.41, 5.74) is 0. The number of nitrogens with one attached hydrogen (secondary N) is 1.